The number of fused-ring (bicyclic) bond motifs is 1. The van der Waals surface area contributed by atoms with Gasteiger partial charge in [-0.3, -0.25) is 10.2 Å². The van der Waals surface area contributed by atoms with Gasteiger partial charge in [0.25, 0.3) is 0 Å². The Balaban J connectivity index is 1.35. The van der Waals surface area contributed by atoms with E-state index in [9.17, 15) is 4.79 Å². The number of amides is 2. The van der Waals surface area contributed by atoms with Crippen LogP contribution in [0.25, 0.3) is 10.2 Å². The number of aromatic nitrogens is 1. The molecule has 2 saturated heterocycles. The van der Waals surface area contributed by atoms with Gasteiger partial charge in [-0.05, 0) is 18.6 Å². The Kier molecular flexibility index (Phi) is 5.64. The van der Waals surface area contributed by atoms with E-state index in [-0.39, 0.29) is 12.1 Å². The summed E-state index contributed by atoms with van der Waals surface area (Å²) in [5.41, 5.74) is 0.905. The first kappa shape index (κ1) is 17.7. The first-order chi connectivity index (χ1) is 12.8. The number of para-hydroxylation sites is 1. The summed E-state index contributed by atoms with van der Waals surface area (Å²) in [6.07, 6.45) is 1.04. The Hall–Kier alpha value is -1.74. The van der Waals surface area contributed by atoms with Crippen LogP contribution < -0.4 is 10.6 Å². The highest BCUT2D eigenvalue weighted by Gasteiger charge is 2.31. The number of morpholine rings is 1. The highest BCUT2D eigenvalue weighted by molar-refractivity contribution is 7.22. The topological polar surface area (TPSA) is 75.7 Å². The number of urea groups is 1. The van der Waals surface area contributed by atoms with E-state index in [1.165, 1.54) is 11.3 Å². The van der Waals surface area contributed by atoms with Gasteiger partial charge in [0.1, 0.15) is 0 Å². The number of rotatable bonds is 5. The summed E-state index contributed by atoms with van der Waals surface area (Å²) in [6, 6.07) is 7.95. The standard InChI is InChI=1S/C18H24N4O3S/c23-17(21-18-20-14-3-1-2-4-16(14)26-18)19-11-15(13-5-8-25-12-13)22-6-9-24-10-7-22/h1-4,13,15H,5-12H2,(H2,19,20,21,23). The average Bonchev–Trinajstić information content (AvgIpc) is 3.32. The van der Waals surface area contributed by atoms with Gasteiger partial charge in [-0.2, -0.15) is 0 Å². The molecule has 7 nitrogen and oxygen atoms in total. The quantitative estimate of drug-likeness (QED) is 0.836. The smallest absolute Gasteiger partial charge is 0.321 e. The zero-order chi connectivity index (χ0) is 17.8. The van der Waals surface area contributed by atoms with Crippen molar-refractivity contribution in [3.63, 3.8) is 0 Å². The molecule has 1 aromatic heterocycles. The van der Waals surface area contributed by atoms with Crippen molar-refractivity contribution in [2.24, 2.45) is 5.92 Å². The normalized spacial score (nSPS) is 22.4. The second-order valence-corrected chi connectivity index (χ2v) is 7.69. The lowest BCUT2D eigenvalue weighted by molar-refractivity contribution is 0.00222. The molecule has 2 aromatic rings. The van der Waals surface area contributed by atoms with E-state index in [4.69, 9.17) is 9.47 Å². The van der Waals surface area contributed by atoms with Crippen LogP contribution in [0.3, 0.4) is 0 Å². The van der Waals surface area contributed by atoms with Crippen LogP contribution in [-0.2, 0) is 9.47 Å². The average molecular weight is 376 g/mol. The summed E-state index contributed by atoms with van der Waals surface area (Å²) >= 11 is 1.48. The molecule has 0 bridgehead atoms. The maximum absolute atomic E-state index is 12.4. The molecule has 0 radical (unpaired) electrons. The zero-order valence-electron chi connectivity index (χ0n) is 14.6. The molecule has 1 aromatic carbocycles. The summed E-state index contributed by atoms with van der Waals surface area (Å²) < 4.78 is 12.1. The monoisotopic (exact) mass is 376 g/mol. The lowest BCUT2D eigenvalue weighted by Gasteiger charge is -2.37. The minimum atomic E-state index is -0.207. The van der Waals surface area contributed by atoms with E-state index < -0.39 is 0 Å². The van der Waals surface area contributed by atoms with Crippen molar-refractivity contribution in [3.8, 4) is 0 Å². The summed E-state index contributed by atoms with van der Waals surface area (Å²) in [5.74, 6) is 0.454. The molecule has 2 aliphatic heterocycles. The number of ether oxygens (including phenoxy) is 2. The molecule has 0 saturated carbocycles. The van der Waals surface area contributed by atoms with Gasteiger partial charge < -0.3 is 14.8 Å². The van der Waals surface area contributed by atoms with Gasteiger partial charge in [0, 0.05) is 38.2 Å². The maximum atomic E-state index is 12.4. The molecule has 2 unspecified atom stereocenters. The van der Waals surface area contributed by atoms with Gasteiger partial charge >= 0.3 is 6.03 Å². The number of carbonyl (C=O) groups is 1. The number of carbonyl (C=O) groups excluding carboxylic acids is 1. The molecule has 8 heteroatoms. The molecule has 2 amide bonds. The largest absolute Gasteiger partial charge is 0.381 e. The van der Waals surface area contributed by atoms with Crippen LogP contribution >= 0.6 is 11.3 Å². The SMILES string of the molecule is O=C(NCC(C1CCOC1)N1CCOCC1)Nc1nc2ccccc2s1. The first-order valence-electron chi connectivity index (χ1n) is 9.09. The molecule has 140 valence electrons. The molecule has 0 aliphatic carbocycles. The minimum absolute atomic E-state index is 0.207. The molecular formula is C18H24N4O3S. The third kappa shape index (κ3) is 4.15. The molecule has 0 spiro atoms. The van der Waals surface area contributed by atoms with Crippen molar-refractivity contribution in [2.45, 2.75) is 12.5 Å². The van der Waals surface area contributed by atoms with Crippen molar-refractivity contribution in [1.29, 1.82) is 0 Å². The molecule has 2 aliphatic rings. The van der Waals surface area contributed by atoms with Gasteiger partial charge in [-0.25, -0.2) is 9.78 Å². The lowest BCUT2D eigenvalue weighted by atomic mass is 9.97. The van der Waals surface area contributed by atoms with E-state index >= 15 is 0 Å². The third-order valence-corrected chi connectivity index (χ3v) is 5.96. The van der Waals surface area contributed by atoms with Gasteiger partial charge in [0.05, 0.1) is 30.0 Å². The number of nitrogens with one attached hydrogen (secondary N) is 2. The van der Waals surface area contributed by atoms with Crippen molar-refractivity contribution >= 4 is 32.7 Å². The van der Waals surface area contributed by atoms with Gasteiger partial charge in [-0.1, -0.05) is 23.5 Å². The first-order valence-corrected chi connectivity index (χ1v) is 9.91. The lowest BCUT2D eigenvalue weighted by Crippen LogP contribution is -2.52. The van der Waals surface area contributed by atoms with Crippen LogP contribution in [0.2, 0.25) is 0 Å². The maximum Gasteiger partial charge on any atom is 0.321 e. The minimum Gasteiger partial charge on any atom is -0.381 e. The molecule has 3 heterocycles. The van der Waals surface area contributed by atoms with E-state index in [2.05, 4.69) is 20.5 Å². The van der Waals surface area contributed by atoms with Crippen LogP contribution in [0.15, 0.2) is 24.3 Å². The fraction of sp³-hybridized carbons (Fsp3) is 0.556. The Labute approximate surface area is 156 Å². The number of hydrogen-bond donors (Lipinski definition) is 2. The fourth-order valence-corrected chi connectivity index (χ4v) is 4.48. The summed E-state index contributed by atoms with van der Waals surface area (Å²) in [6.45, 7) is 5.49. The van der Waals surface area contributed by atoms with Crippen LogP contribution in [0.4, 0.5) is 9.93 Å². The Morgan fingerprint density at radius 3 is 2.88 bits per heavy atom. The number of benzene rings is 1. The fourth-order valence-electron chi connectivity index (χ4n) is 3.62. The summed E-state index contributed by atoms with van der Waals surface area (Å²) in [4.78, 5) is 19.2. The zero-order valence-corrected chi connectivity index (χ0v) is 15.5. The predicted molar refractivity (Wildman–Crippen MR) is 102 cm³/mol. The summed E-state index contributed by atoms with van der Waals surface area (Å²) in [7, 11) is 0. The van der Waals surface area contributed by atoms with Crippen LogP contribution in [0.5, 0.6) is 0 Å². The van der Waals surface area contributed by atoms with Crippen LogP contribution in [0.1, 0.15) is 6.42 Å². The molecule has 2 fully saturated rings. The second kappa shape index (κ2) is 8.30. The van der Waals surface area contributed by atoms with Crippen LogP contribution in [-0.4, -0.2) is 68.0 Å². The van der Waals surface area contributed by atoms with E-state index in [0.29, 0.717) is 17.6 Å². The highest BCUT2D eigenvalue weighted by atomic mass is 32.1. The highest BCUT2D eigenvalue weighted by Crippen LogP contribution is 2.25. The number of hydrogen-bond acceptors (Lipinski definition) is 6. The Bertz CT molecular complexity index is 708. The number of nitrogens with zero attached hydrogens (tertiary/aromatic N) is 2. The number of anilines is 1. The third-order valence-electron chi connectivity index (χ3n) is 5.01. The molecule has 26 heavy (non-hydrogen) atoms. The van der Waals surface area contributed by atoms with Crippen molar-refractivity contribution in [3.05, 3.63) is 24.3 Å². The molecule has 4 rings (SSSR count). The molecular weight excluding hydrogens is 352 g/mol. The van der Waals surface area contributed by atoms with Crippen molar-refractivity contribution in [2.75, 3.05) is 51.4 Å². The summed E-state index contributed by atoms with van der Waals surface area (Å²) in [5, 5.41) is 6.51. The van der Waals surface area contributed by atoms with Gasteiger partial charge in [-0.15, -0.1) is 0 Å². The Morgan fingerprint density at radius 2 is 2.12 bits per heavy atom. The van der Waals surface area contributed by atoms with Crippen LogP contribution in [0, 0.1) is 5.92 Å². The van der Waals surface area contributed by atoms with Crippen molar-refractivity contribution < 1.29 is 14.3 Å². The van der Waals surface area contributed by atoms with Gasteiger partial charge in [0.2, 0.25) is 0 Å². The van der Waals surface area contributed by atoms with E-state index in [1.54, 1.807) is 0 Å². The predicted octanol–water partition coefficient (Wildman–Crippen LogP) is 2.16. The number of thiazole rings is 1. The van der Waals surface area contributed by atoms with Crippen molar-refractivity contribution in [1.82, 2.24) is 15.2 Å². The van der Waals surface area contributed by atoms with E-state index in [0.717, 1.165) is 56.2 Å². The van der Waals surface area contributed by atoms with E-state index in [1.807, 2.05) is 24.3 Å². The molecule has 2 N–H and O–H groups in total. The second-order valence-electron chi connectivity index (χ2n) is 6.66. The molecule has 2 atom stereocenters. The Morgan fingerprint density at radius 1 is 1.27 bits per heavy atom. The van der Waals surface area contributed by atoms with Gasteiger partial charge in [0.15, 0.2) is 5.13 Å².